The van der Waals surface area contributed by atoms with Gasteiger partial charge in [-0.25, -0.2) is 4.98 Å². The molecule has 1 N–H and O–H groups in total. The van der Waals surface area contributed by atoms with Crippen molar-refractivity contribution in [2.75, 3.05) is 25.0 Å². The molecule has 0 saturated heterocycles. The van der Waals surface area contributed by atoms with Crippen molar-refractivity contribution in [2.45, 2.75) is 34.2 Å². The van der Waals surface area contributed by atoms with E-state index in [9.17, 15) is 0 Å². The summed E-state index contributed by atoms with van der Waals surface area (Å²) in [6.45, 7) is 12.0. The Labute approximate surface area is 112 Å². The standard InChI is InChI=1S/C15H27N3/c1-12(2)10-18(11-13(3)4)15-14(9-16-5)7-6-8-17-15/h6-8,12-13,16H,9-11H2,1-5H3. The van der Waals surface area contributed by atoms with Crippen LogP contribution in [-0.2, 0) is 6.54 Å². The van der Waals surface area contributed by atoms with Crippen LogP contribution < -0.4 is 10.2 Å². The molecular formula is C15H27N3. The summed E-state index contributed by atoms with van der Waals surface area (Å²) in [5, 5.41) is 3.22. The zero-order valence-corrected chi connectivity index (χ0v) is 12.4. The second kappa shape index (κ2) is 7.37. The van der Waals surface area contributed by atoms with Crippen LogP contribution in [0, 0.1) is 11.8 Å². The quantitative estimate of drug-likeness (QED) is 0.805. The van der Waals surface area contributed by atoms with Crippen LogP contribution in [0.4, 0.5) is 5.82 Å². The molecule has 0 unspecified atom stereocenters. The van der Waals surface area contributed by atoms with E-state index in [-0.39, 0.29) is 0 Å². The lowest BCUT2D eigenvalue weighted by atomic mass is 10.1. The van der Waals surface area contributed by atoms with Gasteiger partial charge in [0.15, 0.2) is 0 Å². The first-order valence-corrected chi connectivity index (χ1v) is 6.88. The van der Waals surface area contributed by atoms with Crippen molar-refractivity contribution in [3.05, 3.63) is 23.9 Å². The predicted molar refractivity (Wildman–Crippen MR) is 78.9 cm³/mol. The molecule has 0 atom stereocenters. The zero-order valence-electron chi connectivity index (χ0n) is 12.4. The highest BCUT2D eigenvalue weighted by molar-refractivity contribution is 5.46. The van der Waals surface area contributed by atoms with Crippen molar-refractivity contribution < 1.29 is 0 Å². The molecule has 0 amide bonds. The van der Waals surface area contributed by atoms with E-state index in [1.54, 1.807) is 0 Å². The lowest BCUT2D eigenvalue weighted by molar-refractivity contribution is 0.546. The minimum atomic E-state index is 0.646. The molecule has 0 aliphatic heterocycles. The first-order valence-electron chi connectivity index (χ1n) is 6.88. The summed E-state index contributed by atoms with van der Waals surface area (Å²) >= 11 is 0. The predicted octanol–water partition coefficient (Wildman–Crippen LogP) is 2.92. The van der Waals surface area contributed by atoms with Gasteiger partial charge < -0.3 is 10.2 Å². The Kier molecular flexibility index (Phi) is 6.13. The summed E-state index contributed by atoms with van der Waals surface area (Å²) in [5.74, 6) is 2.43. The van der Waals surface area contributed by atoms with Gasteiger partial charge >= 0.3 is 0 Å². The maximum absolute atomic E-state index is 4.59. The Morgan fingerprint density at radius 2 is 1.78 bits per heavy atom. The molecule has 0 saturated carbocycles. The fourth-order valence-corrected chi connectivity index (χ4v) is 2.17. The highest BCUT2D eigenvalue weighted by atomic mass is 15.2. The van der Waals surface area contributed by atoms with E-state index in [1.165, 1.54) is 5.56 Å². The molecule has 1 heterocycles. The molecule has 0 aromatic carbocycles. The molecule has 1 aromatic heterocycles. The van der Waals surface area contributed by atoms with Crippen LogP contribution in [0.25, 0.3) is 0 Å². The molecule has 0 fully saturated rings. The third-order valence-corrected chi connectivity index (χ3v) is 2.71. The zero-order chi connectivity index (χ0) is 13.5. The smallest absolute Gasteiger partial charge is 0.133 e. The molecule has 3 nitrogen and oxygen atoms in total. The number of anilines is 1. The molecule has 102 valence electrons. The van der Waals surface area contributed by atoms with Crippen molar-refractivity contribution in [1.82, 2.24) is 10.3 Å². The summed E-state index contributed by atoms with van der Waals surface area (Å²) in [4.78, 5) is 7.01. The number of hydrogen-bond donors (Lipinski definition) is 1. The van der Waals surface area contributed by atoms with Crippen molar-refractivity contribution in [3.8, 4) is 0 Å². The van der Waals surface area contributed by atoms with E-state index >= 15 is 0 Å². The number of hydrogen-bond acceptors (Lipinski definition) is 3. The minimum Gasteiger partial charge on any atom is -0.356 e. The number of rotatable bonds is 7. The topological polar surface area (TPSA) is 28.2 Å². The first kappa shape index (κ1) is 15.0. The normalized spacial score (nSPS) is 11.3. The monoisotopic (exact) mass is 249 g/mol. The molecule has 0 spiro atoms. The summed E-state index contributed by atoms with van der Waals surface area (Å²) < 4.78 is 0. The maximum Gasteiger partial charge on any atom is 0.133 e. The molecule has 1 rings (SSSR count). The number of nitrogens with one attached hydrogen (secondary N) is 1. The summed E-state index contributed by atoms with van der Waals surface area (Å²) in [6.07, 6.45) is 1.89. The molecular weight excluding hydrogens is 222 g/mol. The number of nitrogens with zero attached hydrogens (tertiary/aromatic N) is 2. The maximum atomic E-state index is 4.59. The average Bonchev–Trinajstić information content (AvgIpc) is 2.28. The molecule has 0 aliphatic carbocycles. The largest absolute Gasteiger partial charge is 0.356 e. The molecule has 3 heteroatoms. The molecule has 1 aromatic rings. The van der Waals surface area contributed by atoms with Gasteiger partial charge in [-0.05, 0) is 24.9 Å². The van der Waals surface area contributed by atoms with E-state index in [4.69, 9.17) is 0 Å². The van der Waals surface area contributed by atoms with Gasteiger partial charge in [0.25, 0.3) is 0 Å². The van der Waals surface area contributed by atoms with Gasteiger partial charge in [-0.3, -0.25) is 0 Å². The molecule has 0 bridgehead atoms. The highest BCUT2D eigenvalue weighted by Gasteiger charge is 2.14. The Morgan fingerprint density at radius 3 is 2.28 bits per heavy atom. The Bertz CT molecular complexity index is 337. The third kappa shape index (κ3) is 4.65. The fraction of sp³-hybridized carbons (Fsp3) is 0.667. The van der Waals surface area contributed by atoms with Crippen LogP contribution in [-0.4, -0.2) is 25.1 Å². The highest BCUT2D eigenvalue weighted by Crippen LogP contribution is 2.19. The van der Waals surface area contributed by atoms with Crippen LogP contribution in [0.5, 0.6) is 0 Å². The van der Waals surface area contributed by atoms with E-state index < -0.39 is 0 Å². The number of pyridine rings is 1. The fourth-order valence-electron chi connectivity index (χ4n) is 2.17. The minimum absolute atomic E-state index is 0.646. The van der Waals surface area contributed by atoms with Gasteiger partial charge in [0.1, 0.15) is 5.82 Å². The van der Waals surface area contributed by atoms with Crippen LogP contribution in [0.2, 0.25) is 0 Å². The molecule has 0 aliphatic rings. The molecule has 18 heavy (non-hydrogen) atoms. The van der Waals surface area contributed by atoms with E-state index in [0.717, 1.165) is 25.5 Å². The lowest BCUT2D eigenvalue weighted by Crippen LogP contribution is -2.33. The van der Waals surface area contributed by atoms with Crippen LogP contribution in [0.3, 0.4) is 0 Å². The van der Waals surface area contributed by atoms with Gasteiger partial charge in [-0.1, -0.05) is 33.8 Å². The van der Waals surface area contributed by atoms with E-state index in [2.05, 4.69) is 49.0 Å². The van der Waals surface area contributed by atoms with E-state index in [1.807, 2.05) is 19.3 Å². The SMILES string of the molecule is CNCc1cccnc1N(CC(C)C)CC(C)C. The second-order valence-corrected chi connectivity index (χ2v) is 5.71. The van der Waals surface area contributed by atoms with Crippen LogP contribution in [0.1, 0.15) is 33.3 Å². The van der Waals surface area contributed by atoms with Gasteiger partial charge in [0, 0.05) is 31.4 Å². The summed E-state index contributed by atoms with van der Waals surface area (Å²) in [6, 6.07) is 4.17. The first-order chi connectivity index (χ1) is 8.54. The van der Waals surface area contributed by atoms with Crippen molar-refractivity contribution in [2.24, 2.45) is 11.8 Å². The van der Waals surface area contributed by atoms with Gasteiger partial charge in [-0.2, -0.15) is 0 Å². The number of aromatic nitrogens is 1. The van der Waals surface area contributed by atoms with Crippen molar-refractivity contribution in [1.29, 1.82) is 0 Å². The van der Waals surface area contributed by atoms with Gasteiger partial charge in [0.2, 0.25) is 0 Å². The van der Waals surface area contributed by atoms with Crippen molar-refractivity contribution in [3.63, 3.8) is 0 Å². The Balaban J connectivity index is 2.95. The van der Waals surface area contributed by atoms with E-state index in [0.29, 0.717) is 11.8 Å². The Morgan fingerprint density at radius 1 is 1.17 bits per heavy atom. The molecule has 0 radical (unpaired) electrons. The summed E-state index contributed by atoms with van der Waals surface area (Å²) in [7, 11) is 1.98. The average molecular weight is 249 g/mol. The van der Waals surface area contributed by atoms with Crippen LogP contribution in [0.15, 0.2) is 18.3 Å². The van der Waals surface area contributed by atoms with Gasteiger partial charge in [0.05, 0.1) is 0 Å². The van der Waals surface area contributed by atoms with Crippen LogP contribution >= 0.6 is 0 Å². The second-order valence-electron chi connectivity index (χ2n) is 5.71. The van der Waals surface area contributed by atoms with Crippen molar-refractivity contribution >= 4 is 5.82 Å². The third-order valence-electron chi connectivity index (χ3n) is 2.71. The summed E-state index contributed by atoms with van der Waals surface area (Å²) in [5.41, 5.74) is 1.28. The Hall–Kier alpha value is -1.09. The lowest BCUT2D eigenvalue weighted by Gasteiger charge is -2.29. The van der Waals surface area contributed by atoms with Gasteiger partial charge in [-0.15, -0.1) is 0 Å².